The molecule has 1 fully saturated rings. The van der Waals surface area contributed by atoms with Crippen LogP contribution in [0.5, 0.6) is 0 Å². The van der Waals surface area contributed by atoms with Crippen LogP contribution in [0.2, 0.25) is 0 Å². The Hall–Kier alpha value is -0.460. The third kappa shape index (κ3) is 3.55. The lowest BCUT2D eigenvalue weighted by molar-refractivity contribution is -0.120. The Morgan fingerprint density at radius 2 is 1.87 bits per heavy atom. The summed E-state index contributed by atoms with van der Waals surface area (Å²) < 4.78 is 27.0. The zero-order valence-corrected chi connectivity index (χ0v) is 10.0. The second kappa shape index (κ2) is 5.05. The number of nitrogens with zero attached hydrogens (tertiary/aromatic N) is 1. The maximum absolute atomic E-state index is 11.6. The van der Waals surface area contributed by atoms with Gasteiger partial charge in [0.1, 0.15) is 5.78 Å². The highest BCUT2D eigenvalue weighted by Gasteiger charge is 2.25. The summed E-state index contributed by atoms with van der Waals surface area (Å²) in [7, 11) is -3.43. The predicted molar refractivity (Wildman–Crippen MR) is 57.6 cm³/mol. The molecule has 5 nitrogen and oxygen atoms in total. The minimum atomic E-state index is -3.43. The second-order valence-corrected chi connectivity index (χ2v) is 5.81. The fourth-order valence-electron chi connectivity index (χ4n) is 1.39. The Morgan fingerprint density at radius 1 is 1.33 bits per heavy atom. The quantitative estimate of drug-likeness (QED) is 0.736. The fraction of sp³-hybridized carbons (Fsp3) is 0.889. The molecular weight excluding hydrogens is 216 g/mol. The van der Waals surface area contributed by atoms with Crippen LogP contribution in [0.3, 0.4) is 0 Å². The molecule has 0 amide bonds. The Bertz CT molecular complexity index is 318. The van der Waals surface area contributed by atoms with E-state index in [0.717, 1.165) is 12.8 Å². The van der Waals surface area contributed by atoms with Crippen LogP contribution in [-0.2, 0) is 15.0 Å². The lowest BCUT2D eigenvalue weighted by atomic mass is 10.1. The van der Waals surface area contributed by atoms with Gasteiger partial charge in [-0.05, 0) is 12.8 Å². The molecule has 15 heavy (non-hydrogen) atoms. The van der Waals surface area contributed by atoms with Gasteiger partial charge < -0.3 is 0 Å². The fourth-order valence-corrected chi connectivity index (χ4v) is 2.63. The van der Waals surface area contributed by atoms with Gasteiger partial charge in [-0.25, -0.2) is 0 Å². The van der Waals surface area contributed by atoms with E-state index in [1.54, 1.807) is 13.8 Å². The Kier molecular flexibility index (Phi) is 4.24. The van der Waals surface area contributed by atoms with Crippen LogP contribution >= 0.6 is 0 Å². The van der Waals surface area contributed by atoms with Gasteiger partial charge in [-0.1, -0.05) is 13.8 Å². The average molecular weight is 234 g/mol. The van der Waals surface area contributed by atoms with Crippen molar-refractivity contribution in [3.8, 4) is 0 Å². The minimum absolute atomic E-state index is 0.0854. The number of carbonyl (C=O) groups is 1. The summed E-state index contributed by atoms with van der Waals surface area (Å²) >= 11 is 0. The molecule has 0 aromatic heterocycles. The molecule has 0 atom stereocenters. The van der Waals surface area contributed by atoms with Crippen LogP contribution in [0.15, 0.2) is 0 Å². The number of carbonyl (C=O) groups excluding carboxylic acids is 1. The third-order valence-corrected chi connectivity index (χ3v) is 4.03. The third-order valence-electron chi connectivity index (χ3n) is 2.48. The van der Waals surface area contributed by atoms with E-state index in [9.17, 15) is 13.2 Å². The van der Waals surface area contributed by atoms with E-state index in [-0.39, 0.29) is 18.2 Å². The molecule has 1 aliphatic rings. The zero-order chi connectivity index (χ0) is 11.5. The molecule has 0 unspecified atom stereocenters. The molecule has 0 radical (unpaired) electrons. The molecule has 1 saturated heterocycles. The Labute approximate surface area is 91.0 Å². The van der Waals surface area contributed by atoms with E-state index in [2.05, 4.69) is 4.72 Å². The lowest BCUT2D eigenvalue weighted by Crippen LogP contribution is -2.41. The van der Waals surface area contributed by atoms with Gasteiger partial charge >= 0.3 is 0 Å². The van der Waals surface area contributed by atoms with Crippen LogP contribution in [0, 0.1) is 5.92 Å². The second-order valence-electron chi connectivity index (χ2n) is 4.05. The van der Waals surface area contributed by atoms with Crippen LogP contribution in [0.4, 0.5) is 0 Å². The topological polar surface area (TPSA) is 66.5 Å². The van der Waals surface area contributed by atoms with Crippen LogP contribution in [0.25, 0.3) is 0 Å². The van der Waals surface area contributed by atoms with Crippen molar-refractivity contribution in [3.05, 3.63) is 0 Å². The Morgan fingerprint density at radius 3 is 2.33 bits per heavy atom. The van der Waals surface area contributed by atoms with Crippen molar-refractivity contribution < 1.29 is 13.2 Å². The molecule has 0 bridgehead atoms. The summed E-state index contributed by atoms with van der Waals surface area (Å²) in [5.41, 5.74) is 0. The van der Waals surface area contributed by atoms with Gasteiger partial charge in [0.2, 0.25) is 0 Å². The van der Waals surface area contributed by atoms with Crippen LogP contribution < -0.4 is 4.72 Å². The molecule has 0 saturated carbocycles. The van der Waals surface area contributed by atoms with E-state index in [1.165, 1.54) is 4.31 Å². The minimum Gasteiger partial charge on any atom is -0.298 e. The van der Waals surface area contributed by atoms with E-state index < -0.39 is 10.2 Å². The number of Topliss-reactive ketones (excluding diaryl/α,β-unsaturated/α-hetero) is 1. The number of hydrogen-bond donors (Lipinski definition) is 1. The molecule has 1 heterocycles. The monoisotopic (exact) mass is 234 g/mol. The van der Waals surface area contributed by atoms with E-state index in [1.807, 2.05) is 0 Å². The van der Waals surface area contributed by atoms with Crippen molar-refractivity contribution in [1.29, 1.82) is 0 Å². The summed E-state index contributed by atoms with van der Waals surface area (Å²) in [5.74, 6) is -0.218. The first kappa shape index (κ1) is 12.6. The lowest BCUT2D eigenvalue weighted by Gasteiger charge is -2.16. The van der Waals surface area contributed by atoms with E-state index in [0.29, 0.717) is 13.1 Å². The van der Waals surface area contributed by atoms with Crippen molar-refractivity contribution in [2.45, 2.75) is 26.7 Å². The molecule has 0 spiro atoms. The van der Waals surface area contributed by atoms with Crippen LogP contribution in [-0.4, -0.2) is 38.1 Å². The molecular formula is C9H18N2O3S. The van der Waals surface area contributed by atoms with Crippen LogP contribution in [0.1, 0.15) is 26.7 Å². The smallest absolute Gasteiger partial charge is 0.279 e. The largest absolute Gasteiger partial charge is 0.298 e. The number of nitrogens with one attached hydrogen (secondary N) is 1. The maximum Gasteiger partial charge on any atom is 0.279 e. The number of hydrogen-bond acceptors (Lipinski definition) is 3. The molecule has 1 rings (SSSR count). The number of ketones is 1. The average Bonchev–Trinajstić information content (AvgIpc) is 2.67. The first-order chi connectivity index (χ1) is 6.93. The van der Waals surface area contributed by atoms with Gasteiger partial charge in [-0.15, -0.1) is 0 Å². The highest BCUT2D eigenvalue weighted by atomic mass is 32.2. The summed E-state index contributed by atoms with van der Waals surface area (Å²) in [5, 5.41) is 0. The van der Waals surface area contributed by atoms with Crippen molar-refractivity contribution in [3.63, 3.8) is 0 Å². The van der Waals surface area contributed by atoms with E-state index >= 15 is 0 Å². The molecule has 1 N–H and O–H groups in total. The maximum atomic E-state index is 11.6. The SMILES string of the molecule is CC(C)C(=O)CNS(=O)(=O)N1CCCC1. The van der Waals surface area contributed by atoms with Gasteiger partial charge in [0, 0.05) is 19.0 Å². The van der Waals surface area contributed by atoms with Crippen molar-refractivity contribution in [2.24, 2.45) is 5.92 Å². The Balaban J connectivity index is 2.46. The molecule has 0 aromatic carbocycles. The first-order valence-corrected chi connectivity index (χ1v) is 6.65. The highest BCUT2D eigenvalue weighted by molar-refractivity contribution is 7.87. The van der Waals surface area contributed by atoms with E-state index in [4.69, 9.17) is 0 Å². The first-order valence-electron chi connectivity index (χ1n) is 5.21. The predicted octanol–water partition coefficient (Wildman–Crippen LogP) is 0.142. The summed E-state index contributed by atoms with van der Waals surface area (Å²) in [6.07, 6.45) is 1.80. The van der Waals surface area contributed by atoms with Crippen molar-refractivity contribution in [2.75, 3.05) is 19.6 Å². The highest BCUT2D eigenvalue weighted by Crippen LogP contribution is 2.10. The summed E-state index contributed by atoms with van der Waals surface area (Å²) in [6.45, 7) is 4.53. The molecule has 0 aliphatic carbocycles. The van der Waals surface area contributed by atoms with Gasteiger partial charge in [0.25, 0.3) is 10.2 Å². The van der Waals surface area contributed by atoms with Gasteiger partial charge in [-0.2, -0.15) is 17.4 Å². The number of rotatable bonds is 5. The zero-order valence-electron chi connectivity index (χ0n) is 9.19. The molecule has 1 aliphatic heterocycles. The van der Waals surface area contributed by atoms with Crippen molar-refractivity contribution in [1.82, 2.24) is 9.03 Å². The standard InChI is InChI=1S/C9H18N2O3S/c1-8(2)9(12)7-10-15(13,14)11-5-3-4-6-11/h8,10H,3-7H2,1-2H3. The van der Waals surface area contributed by atoms with Gasteiger partial charge in [-0.3, -0.25) is 4.79 Å². The summed E-state index contributed by atoms with van der Waals surface area (Å²) in [4.78, 5) is 11.3. The van der Waals surface area contributed by atoms with Crippen molar-refractivity contribution >= 4 is 16.0 Å². The normalized spacial score (nSPS) is 18.6. The molecule has 6 heteroatoms. The molecule has 0 aromatic rings. The molecule has 88 valence electrons. The van der Waals surface area contributed by atoms with Gasteiger partial charge in [0.15, 0.2) is 0 Å². The summed E-state index contributed by atoms with van der Waals surface area (Å²) in [6, 6.07) is 0. The van der Waals surface area contributed by atoms with Gasteiger partial charge in [0.05, 0.1) is 6.54 Å².